The Morgan fingerprint density at radius 1 is 1.26 bits per heavy atom. The number of aromatic nitrogens is 2. The number of anilines is 1. The summed E-state index contributed by atoms with van der Waals surface area (Å²) in [6, 6.07) is 11.4. The maximum atomic E-state index is 15.2. The molecule has 1 aromatic heterocycles. The highest BCUT2D eigenvalue weighted by molar-refractivity contribution is 6.33. The van der Waals surface area contributed by atoms with Crippen molar-refractivity contribution in [2.24, 2.45) is 0 Å². The van der Waals surface area contributed by atoms with Crippen molar-refractivity contribution in [3.63, 3.8) is 0 Å². The molecule has 2 atom stereocenters. The standard InChI is InChI=1S/C28H29ClFN5O4/c1-16(36)25(17-5-3-2-4-6-17)33-24(37)15-35-14-21-20(27(35)38)11-18(12-23(21)30)26-22(29)13-31-28(34-26)32-19-7-9-39-10-8-19/h2-6,11-13,16,19,25,36H,7-10,14-15H2,1H3,(H,33,37)(H,31,32,34)/t16-,25+/m0/s1. The molecule has 9 nitrogen and oxygen atoms in total. The quantitative estimate of drug-likeness (QED) is 0.389. The Morgan fingerprint density at radius 2 is 2.00 bits per heavy atom. The lowest BCUT2D eigenvalue weighted by Gasteiger charge is -2.23. The first kappa shape index (κ1) is 27.0. The van der Waals surface area contributed by atoms with Crippen LogP contribution in [0.4, 0.5) is 10.3 Å². The largest absolute Gasteiger partial charge is 0.391 e. The number of nitrogens with one attached hydrogen (secondary N) is 2. The van der Waals surface area contributed by atoms with Gasteiger partial charge in [0.05, 0.1) is 35.6 Å². The third kappa shape index (κ3) is 6.03. The summed E-state index contributed by atoms with van der Waals surface area (Å²) in [7, 11) is 0. The summed E-state index contributed by atoms with van der Waals surface area (Å²) in [5, 5.41) is 16.5. The highest BCUT2D eigenvalue weighted by Crippen LogP contribution is 2.33. The molecular weight excluding hydrogens is 525 g/mol. The second-order valence-electron chi connectivity index (χ2n) is 9.76. The minimum absolute atomic E-state index is 0.0492. The van der Waals surface area contributed by atoms with Gasteiger partial charge in [-0.2, -0.15) is 0 Å². The van der Waals surface area contributed by atoms with Crippen LogP contribution < -0.4 is 10.6 Å². The molecule has 1 saturated heterocycles. The summed E-state index contributed by atoms with van der Waals surface area (Å²) in [5.74, 6) is -1.16. The zero-order chi connectivity index (χ0) is 27.5. The predicted octanol–water partition coefficient (Wildman–Crippen LogP) is 3.72. The van der Waals surface area contributed by atoms with E-state index >= 15 is 4.39 Å². The van der Waals surface area contributed by atoms with E-state index in [-0.39, 0.29) is 35.3 Å². The van der Waals surface area contributed by atoms with Crippen LogP contribution in [0.3, 0.4) is 0 Å². The number of nitrogens with zero attached hydrogens (tertiary/aromatic N) is 3. The molecule has 3 heterocycles. The van der Waals surface area contributed by atoms with Crippen LogP contribution in [0.15, 0.2) is 48.7 Å². The van der Waals surface area contributed by atoms with Gasteiger partial charge < -0.3 is 25.4 Å². The molecule has 2 amide bonds. The average Bonchev–Trinajstić information content (AvgIpc) is 3.24. The van der Waals surface area contributed by atoms with Gasteiger partial charge in [-0.3, -0.25) is 9.59 Å². The van der Waals surface area contributed by atoms with Crippen LogP contribution in [0.5, 0.6) is 0 Å². The minimum atomic E-state index is -0.855. The van der Waals surface area contributed by atoms with E-state index in [4.69, 9.17) is 16.3 Å². The summed E-state index contributed by atoms with van der Waals surface area (Å²) in [6.45, 7) is 2.54. The number of ether oxygens (including phenoxy) is 1. The van der Waals surface area contributed by atoms with Gasteiger partial charge in [0.1, 0.15) is 12.4 Å². The molecule has 2 aromatic carbocycles. The van der Waals surface area contributed by atoms with Gasteiger partial charge in [0.15, 0.2) is 0 Å². The van der Waals surface area contributed by atoms with Gasteiger partial charge in [-0.15, -0.1) is 0 Å². The molecule has 0 bridgehead atoms. The van der Waals surface area contributed by atoms with E-state index in [9.17, 15) is 14.7 Å². The molecule has 3 aromatic rings. The molecule has 0 radical (unpaired) electrons. The molecule has 2 aliphatic heterocycles. The van der Waals surface area contributed by atoms with Crippen molar-refractivity contribution in [2.45, 2.75) is 44.5 Å². The molecule has 204 valence electrons. The number of halogens is 2. The van der Waals surface area contributed by atoms with Gasteiger partial charge >= 0.3 is 0 Å². The number of fused-ring (bicyclic) bond motifs is 1. The van der Waals surface area contributed by atoms with E-state index in [1.807, 2.05) is 18.2 Å². The van der Waals surface area contributed by atoms with Crippen molar-refractivity contribution in [3.8, 4) is 11.3 Å². The molecule has 11 heteroatoms. The number of amides is 2. The lowest BCUT2D eigenvalue weighted by molar-refractivity contribution is -0.123. The number of benzene rings is 2. The average molecular weight is 554 g/mol. The third-order valence-electron chi connectivity index (χ3n) is 6.93. The number of carbonyl (C=O) groups is 2. The molecule has 5 rings (SSSR count). The van der Waals surface area contributed by atoms with Crippen molar-refractivity contribution >= 4 is 29.4 Å². The Morgan fingerprint density at radius 3 is 2.72 bits per heavy atom. The molecule has 2 aliphatic rings. The van der Waals surface area contributed by atoms with Crippen LogP contribution in [-0.2, 0) is 16.1 Å². The zero-order valence-corrected chi connectivity index (χ0v) is 22.1. The monoisotopic (exact) mass is 553 g/mol. The van der Waals surface area contributed by atoms with Crippen LogP contribution in [0.2, 0.25) is 5.02 Å². The Kier molecular flexibility index (Phi) is 8.06. The van der Waals surface area contributed by atoms with E-state index < -0.39 is 29.8 Å². The number of hydrogen-bond acceptors (Lipinski definition) is 7. The topological polar surface area (TPSA) is 117 Å². The van der Waals surface area contributed by atoms with Gasteiger partial charge in [0.25, 0.3) is 5.91 Å². The molecule has 0 aliphatic carbocycles. The highest BCUT2D eigenvalue weighted by atomic mass is 35.5. The zero-order valence-electron chi connectivity index (χ0n) is 21.4. The van der Waals surface area contributed by atoms with Gasteiger partial charge in [0, 0.05) is 35.9 Å². The molecule has 1 fully saturated rings. The first-order valence-corrected chi connectivity index (χ1v) is 13.2. The molecule has 0 unspecified atom stereocenters. The van der Waals surface area contributed by atoms with E-state index in [2.05, 4.69) is 20.6 Å². The van der Waals surface area contributed by atoms with Crippen LogP contribution in [0.1, 0.15) is 47.3 Å². The van der Waals surface area contributed by atoms with Crippen LogP contribution >= 0.6 is 11.6 Å². The summed E-state index contributed by atoms with van der Waals surface area (Å²) in [4.78, 5) is 36.1. The smallest absolute Gasteiger partial charge is 0.255 e. The highest BCUT2D eigenvalue weighted by Gasteiger charge is 2.33. The fourth-order valence-corrected chi connectivity index (χ4v) is 5.08. The second kappa shape index (κ2) is 11.6. The first-order chi connectivity index (χ1) is 18.8. The number of aliphatic hydroxyl groups excluding tert-OH is 1. The van der Waals surface area contributed by atoms with Crippen molar-refractivity contribution in [1.29, 1.82) is 0 Å². The maximum Gasteiger partial charge on any atom is 0.255 e. The SMILES string of the molecule is C[C@H](O)[C@@H](NC(=O)CN1Cc2c(F)cc(-c3nc(NC4CCOCC4)ncc3Cl)cc2C1=O)c1ccccc1. The lowest BCUT2D eigenvalue weighted by Crippen LogP contribution is -2.41. The summed E-state index contributed by atoms with van der Waals surface area (Å²) in [6.07, 6.45) is 2.22. The fraction of sp³-hybridized carbons (Fsp3) is 0.357. The Balaban J connectivity index is 1.32. The minimum Gasteiger partial charge on any atom is -0.391 e. The first-order valence-electron chi connectivity index (χ1n) is 12.8. The van der Waals surface area contributed by atoms with E-state index in [1.165, 1.54) is 17.2 Å². The summed E-state index contributed by atoms with van der Waals surface area (Å²) in [5.41, 5.74) is 1.74. The van der Waals surface area contributed by atoms with Crippen LogP contribution in [0, 0.1) is 5.82 Å². The number of aliphatic hydroxyl groups is 1. The number of hydrogen-bond donors (Lipinski definition) is 3. The number of carbonyl (C=O) groups excluding carboxylic acids is 2. The molecule has 39 heavy (non-hydrogen) atoms. The van der Waals surface area contributed by atoms with Crippen LogP contribution in [-0.4, -0.2) is 63.7 Å². The molecule has 3 N–H and O–H groups in total. The van der Waals surface area contributed by atoms with Gasteiger partial charge in [0.2, 0.25) is 11.9 Å². The third-order valence-corrected chi connectivity index (χ3v) is 7.20. The Labute approximate surface area is 230 Å². The van der Waals surface area contributed by atoms with E-state index in [0.29, 0.717) is 30.4 Å². The van der Waals surface area contributed by atoms with Crippen molar-refractivity contribution in [1.82, 2.24) is 20.2 Å². The van der Waals surface area contributed by atoms with Gasteiger partial charge in [-0.05, 0) is 37.5 Å². The van der Waals surface area contributed by atoms with Gasteiger partial charge in [-0.25, -0.2) is 14.4 Å². The lowest BCUT2D eigenvalue weighted by atomic mass is 10.0. The number of rotatable bonds is 8. The molecule has 0 spiro atoms. The molecule has 0 saturated carbocycles. The van der Waals surface area contributed by atoms with Crippen molar-refractivity contribution in [3.05, 3.63) is 76.2 Å². The summed E-state index contributed by atoms with van der Waals surface area (Å²) < 4.78 is 20.6. The Bertz CT molecular complexity index is 1370. The fourth-order valence-electron chi connectivity index (χ4n) is 4.88. The predicted molar refractivity (Wildman–Crippen MR) is 144 cm³/mol. The maximum absolute atomic E-state index is 15.2. The van der Waals surface area contributed by atoms with E-state index in [0.717, 1.165) is 18.4 Å². The van der Waals surface area contributed by atoms with Crippen molar-refractivity contribution in [2.75, 3.05) is 25.1 Å². The van der Waals surface area contributed by atoms with Crippen molar-refractivity contribution < 1.29 is 23.8 Å². The van der Waals surface area contributed by atoms with E-state index in [1.54, 1.807) is 25.1 Å². The van der Waals surface area contributed by atoms with Crippen LogP contribution in [0.25, 0.3) is 11.3 Å². The van der Waals surface area contributed by atoms with Gasteiger partial charge in [-0.1, -0.05) is 41.9 Å². The Hall–Kier alpha value is -3.60. The molecular formula is C28H29ClFN5O4. The normalized spacial score (nSPS) is 17.0. The summed E-state index contributed by atoms with van der Waals surface area (Å²) >= 11 is 6.37. The second-order valence-corrected chi connectivity index (χ2v) is 10.2.